The van der Waals surface area contributed by atoms with E-state index < -0.39 is 29.2 Å². The van der Waals surface area contributed by atoms with Crippen molar-refractivity contribution in [3.05, 3.63) is 35.3 Å². The summed E-state index contributed by atoms with van der Waals surface area (Å²) in [5.41, 5.74) is -2.08. The first-order chi connectivity index (χ1) is 11.5. The van der Waals surface area contributed by atoms with Gasteiger partial charge in [-0.25, -0.2) is 9.78 Å². The zero-order valence-corrected chi connectivity index (χ0v) is 13.9. The Balaban J connectivity index is 2.60. The number of nitrogens with zero attached hydrogens (tertiary/aromatic N) is 2. The number of imidazole rings is 1. The number of aromatic nitrogens is 2. The molecule has 0 aromatic carbocycles. The quantitative estimate of drug-likeness (QED) is 0.862. The Hall–Kier alpha value is -2.58. The van der Waals surface area contributed by atoms with Gasteiger partial charge in [-0.2, -0.15) is 13.2 Å². The van der Waals surface area contributed by atoms with E-state index in [4.69, 9.17) is 5.11 Å². The summed E-state index contributed by atoms with van der Waals surface area (Å²) in [6.45, 7) is 4.42. The standard InChI is InChI=1S/C16H18F3N3O3/c1-4-5-10-12(13(23)21-15(2,3)14(24)25)22-8-9(16(17,18)19)6-7-11(22)20-10/h6-8H,4-5H2,1-3H3,(H,21,23)(H,24,25). The number of nitrogens with one attached hydrogen (secondary N) is 1. The Labute approximate surface area is 141 Å². The molecule has 25 heavy (non-hydrogen) atoms. The van der Waals surface area contributed by atoms with Gasteiger partial charge in [0, 0.05) is 6.20 Å². The summed E-state index contributed by atoms with van der Waals surface area (Å²) in [6, 6.07) is 2.07. The highest BCUT2D eigenvalue weighted by Gasteiger charge is 2.34. The Morgan fingerprint density at radius 3 is 2.44 bits per heavy atom. The number of rotatable bonds is 5. The van der Waals surface area contributed by atoms with Crippen LogP contribution in [0.3, 0.4) is 0 Å². The molecule has 0 aliphatic carbocycles. The lowest BCUT2D eigenvalue weighted by molar-refractivity contribution is -0.143. The van der Waals surface area contributed by atoms with Gasteiger partial charge in [0.15, 0.2) is 0 Å². The minimum absolute atomic E-state index is 0.0859. The summed E-state index contributed by atoms with van der Waals surface area (Å²) in [4.78, 5) is 28.0. The third kappa shape index (κ3) is 3.75. The first-order valence-corrected chi connectivity index (χ1v) is 7.61. The third-order valence-electron chi connectivity index (χ3n) is 3.68. The van der Waals surface area contributed by atoms with Gasteiger partial charge in [-0.3, -0.25) is 9.20 Å². The average Bonchev–Trinajstić information content (AvgIpc) is 2.83. The number of fused-ring (bicyclic) bond motifs is 1. The summed E-state index contributed by atoms with van der Waals surface area (Å²) >= 11 is 0. The summed E-state index contributed by atoms with van der Waals surface area (Å²) in [5.74, 6) is -2.05. The van der Waals surface area contributed by atoms with E-state index in [1.165, 1.54) is 19.9 Å². The molecule has 0 saturated heterocycles. The Bertz CT molecular complexity index is 825. The molecule has 2 heterocycles. The second-order valence-corrected chi connectivity index (χ2v) is 6.19. The zero-order valence-electron chi connectivity index (χ0n) is 13.9. The lowest BCUT2D eigenvalue weighted by Gasteiger charge is -2.21. The minimum Gasteiger partial charge on any atom is -0.480 e. The van der Waals surface area contributed by atoms with Crippen LogP contribution in [-0.4, -0.2) is 31.9 Å². The second kappa shape index (κ2) is 6.38. The van der Waals surface area contributed by atoms with Crippen LogP contribution in [0.4, 0.5) is 13.2 Å². The number of alkyl halides is 3. The summed E-state index contributed by atoms with van der Waals surface area (Å²) in [6.07, 6.45) is -2.78. The number of aryl methyl sites for hydroxylation is 1. The number of aliphatic carboxylic acids is 1. The molecule has 0 saturated carbocycles. The van der Waals surface area contributed by atoms with Crippen LogP contribution >= 0.6 is 0 Å². The van der Waals surface area contributed by atoms with Crippen LogP contribution in [0.25, 0.3) is 5.65 Å². The van der Waals surface area contributed by atoms with E-state index in [0.29, 0.717) is 18.5 Å². The molecular weight excluding hydrogens is 339 g/mol. The van der Waals surface area contributed by atoms with Gasteiger partial charge in [-0.15, -0.1) is 0 Å². The monoisotopic (exact) mass is 357 g/mol. The van der Waals surface area contributed by atoms with Crippen molar-refractivity contribution >= 4 is 17.5 Å². The van der Waals surface area contributed by atoms with Crippen molar-refractivity contribution < 1.29 is 27.9 Å². The van der Waals surface area contributed by atoms with Crippen molar-refractivity contribution in [1.82, 2.24) is 14.7 Å². The number of amides is 1. The Morgan fingerprint density at radius 1 is 1.28 bits per heavy atom. The van der Waals surface area contributed by atoms with Gasteiger partial charge in [0.2, 0.25) is 0 Å². The molecule has 6 nitrogen and oxygen atoms in total. The predicted octanol–water partition coefficient (Wildman–Crippen LogP) is 2.90. The van der Waals surface area contributed by atoms with Crippen molar-refractivity contribution in [3.8, 4) is 0 Å². The first-order valence-electron chi connectivity index (χ1n) is 7.61. The highest BCUT2D eigenvalue weighted by atomic mass is 19.4. The molecule has 136 valence electrons. The summed E-state index contributed by atoms with van der Waals surface area (Å²) < 4.78 is 40.0. The van der Waals surface area contributed by atoms with Crippen LogP contribution in [0.1, 0.15) is 48.9 Å². The minimum atomic E-state index is -4.57. The van der Waals surface area contributed by atoms with Gasteiger partial charge in [-0.1, -0.05) is 13.3 Å². The van der Waals surface area contributed by atoms with Crippen LogP contribution < -0.4 is 5.32 Å². The van der Waals surface area contributed by atoms with E-state index in [1.807, 2.05) is 6.92 Å². The van der Waals surface area contributed by atoms with Crippen molar-refractivity contribution in [2.24, 2.45) is 0 Å². The molecule has 0 atom stereocenters. The van der Waals surface area contributed by atoms with Gasteiger partial charge in [0.25, 0.3) is 5.91 Å². The molecule has 2 aromatic rings. The second-order valence-electron chi connectivity index (χ2n) is 6.19. The molecule has 0 fully saturated rings. The van der Waals surface area contributed by atoms with Crippen molar-refractivity contribution in [3.63, 3.8) is 0 Å². The fourth-order valence-electron chi connectivity index (χ4n) is 2.31. The lowest BCUT2D eigenvalue weighted by Crippen LogP contribution is -2.50. The lowest BCUT2D eigenvalue weighted by atomic mass is 10.1. The molecule has 0 aliphatic rings. The SMILES string of the molecule is CCCc1nc2ccc(C(F)(F)F)cn2c1C(=O)NC(C)(C)C(=O)O. The summed E-state index contributed by atoms with van der Waals surface area (Å²) in [7, 11) is 0. The van der Waals surface area contributed by atoms with Crippen LogP contribution in [0.5, 0.6) is 0 Å². The first kappa shape index (κ1) is 18.8. The maximum Gasteiger partial charge on any atom is 0.417 e. The van der Waals surface area contributed by atoms with E-state index in [-0.39, 0.29) is 11.3 Å². The van der Waals surface area contributed by atoms with Crippen LogP contribution in [0.15, 0.2) is 18.3 Å². The van der Waals surface area contributed by atoms with Crippen molar-refractivity contribution in [2.75, 3.05) is 0 Å². The number of carboxylic acids is 1. The molecule has 0 bridgehead atoms. The van der Waals surface area contributed by atoms with E-state index in [1.54, 1.807) is 0 Å². The molecule has 0 unspecified atom stereocenters. The number of carbonyl (C=O) groups is 2. The molecule has 9 heteroatoms. The number of hydrogen-bond acceptors (Lipinski definition) is 3. The molecule has 0 aliphatic heterocycles. The van der Waals surface area contributed by atoms with E-state index >= 15 is 0 Å². The predicted molar refractivity (Wildman–Crippen MR) is 83.4 cm³/mol. The number of carbonyl (C=O) groups excluding carboxylic acids is 1. The molecule has 2 rings (SSSR count). The number of pyridine rings is 1. The smallest absolute Gasteiger partial charge is 0.417 e. The van der Waals surface area contributed by atoms with Crippen molar-refractivity contribution in [1.29, 1.82) is 0 Å². The van der Waals surface area contributed by atoms with Gasteiger partial charge in [-0.05, 0) is 32.4 Å². The maximum absolute atomic E-state index is 13.0. The molecular formula is C16H18F3N3O3. The van der Waals surface area contributed by atoms with Crippen LogP contribution in [0.2, 0.25) is 0 Å². The Kier molecular flexibility index (Phi) is 4.79. The molecule has 0 radical (unpaired) electrons. The van der Waals surface area contributed by atoms with Gasteiger partial charge in [0.1, 0.15) is 16.9 Å². The van der Waals surface area contributed by atoms with Crippen molar-refractivity contribution in [2.45, 2.75) is 45.3 Å². The topological polar surface area (TPSA) is 83.7 Å². The summed E-state index contributed by atoms with van der Waals surface area (Å²) in [5, 5.41) is 11.5. The third-order valence-corrected chi connectivity index (χ3v) is 3.68. The number of hydrogen-bond donors (Lipinski definition) is 2. The van der Waals surface area contributed by atoms with E-state index in [9.17, 15) is 22.8 Å². The molecule has 0 spiro atoms. The fraction of sp³-hybridized carbons (Fsp3) is 0.438. The highest BCUT2D eigenvalue weighted by molar-refractivity contribution is 5.98. The fourth-order valence-corrected chi connectivity index (χ4v) is 2.31. The van der Waals surface area contributed by atoms with Gasteiger partial charge >= 0.3 is 12.1 Å². The van der Waals surface area contributed by atoms with Gasteiger partial charge < -0.3 is 10.4 Å². The number of carboxylic acid groups (broad SMARTS) is 1. The maximum atomic E-state index is 13.0. The molecule has 2 aromatic heterocycles. The van der Waals surface area contributed by atoms with E-state index in [2.05, 4.69) is 10.3 Å². The molecule has 1 amide bonds. The van der Waals surface area contributed by atoms with Gasteiger partial charge in [0.05, 0.1) is 11.3 Å². The van der Waals surface area contributed by atoms with Crippen LogP contribution in [-0.2, 0) is 17.4 Å². The number of halogens is 3. The largest absolute Gasteiger partial charge is 0.480 e. The van der Waals surface area contributed by atoms with Crippen LogP contribution in [0, 0.1) is 0 Å². The Morgan fingerprint density at radius 2 is 1.92 bits per heavy atom. The van der Waals surface area contributed by atoms with E-state index in [0.717, 1.165) is 16.7 Å². The normalized spacial score (nSPS) is 12.4. The zero-order chi connectivity index (χ0) is 19.0. The highest BCUT2D eigenvalue weighted by Crippen LogP contribution is 2.30. The molecule has 2 N–H and O–H groups in total. The average molecular weight is 357 g/mol.